The van der Waals surface area contributed by atoms with E-state index in [1.54, 1.807) is 0 Å². The third-order valence-electron chi connectivity index (χ3n) is 2.91. The van der Waals surface area contributed by atoms with E-state index in [0.29, 0.717) is 5.82 Å². The second-order valence-corrected chi connectivity index (χ2v) is 6.70. The van der Waals surface area contributed by atoms with Crippen LogP contribution in [0.5, 0.6) is 0 Å². The van der Waals surface area contributed by atoms with Crippen molar-refractivity contribution in [2.75, 3.05) is 17.3 Å². The van der Waals surface area contributed by atoms with E-state index >= 15 is 0 Å². The van der Waals surface area contributed by atoms with Crippen LogP contribution in [-0.4, -0.2) is 32.5 Å². The summed E-state index contributed by atoms with van der Waals surface area (Å²) in [6.07, 6.45) is -0.844. The molecule has 19 heavy (non-hydrogen) atoms. The molecule has 4 nitrogen and oxygen atoms in total. The van der Waals surface area contributed by atoms with Crippen molar-refractivity contribution < 1.29 is 9.63 Å². The first kappa shape index (κ1) is 13.0. The third kappa shape index (κ3) is 2.96. The monoisotopic (exact) mass is 294 g/mol. The van der Waals surface area contributed by atoms with Crippen LogP contribution < -0.4 is 0 Å². The highest BCUT2D eigenvalue weighted by Gasteiger charge is 2.24. The molecular formula is C13H14N2O2S2. The molecule has 2 aromatic rings. The molecule has 1 fully saturated rings. The minimum absolute atomic E-state index is 0.275. The first-order valence-corrected chi connectivity index (χ1v) is 8.31. The average molecular weight is 294 g/mol. The molecule has 6 heteroatoms. The SMILES string of the molecule is OC(c1ccccc1)c1nc(C2CSCCS2)no1. The van der Waals surface area contributed by atoms with Crippen LogP contribution in [0.1, 0.15) is 28.6 Å². The Kier molecular flexibility index (Phi) is 4.10. The number of hydrogen-bond acceptors (Lipinski definition) is 6. The molecule has 1 aliphatic heterocycles. The highest BCUT2D eigenvalue weighted by Crippen LogP contribution is 2.35. The number of aliphatic hydroxyl groups excluding tert-OH is 1. The molecule has 0 radical (unpaired) electrons. The molecule has 3 rings (SSSR count). The van der Waals surface area contributed by atoms with Crippen LogP contribution in [0.3, 0.4) is 0 Å². The van der Waals surface area contributed by atoms with Crippen molar-refractivity contribution in [2.24, 2.45) is 0 Å². The van der Waals surface area contributed by atoms with Gasteiger partial charge in [0.1, 0.15) is 0 Å². The van der Waals surface area contributed by atoms with E-state index in [2.05, 4.69) is 10.1 Å². The van der Waals surface area contributed by atoms with Crippen LogP contribution in [-0.2, 0) is 0 Å². The zero-order chi connectivity index (χ0) is 13.1. The van der Waals surface area contributed by atoms with Crippen LogP contribution in [0.2, 0.25) is 0 Å². The molecule has 1 aromatic heterocycles. The second kappa shape index (κ2) is 5.98. The summed E-state index contributed by atoms with van der Waals surface area (Å²) in [4.78, 5) is 4.35. The van der Waals surface area contributed by atoms with Gasteiger partial charge in [0.05, 0.1) is 5.25 Å². The van der Waals surface area contributed by atoms with Crippen molar-refractivity contribution in [1.82, 2.24) is 10.1 Å². The van der Waals surface area contributed by atoms with E-state index in [1.165, 1.54) is 5.75 Å². The number of hydrogen-bond donors (Lipinski definition) is 1. The molecule has 2 atom stereocenters. The highest BCUT2D eigenvalue weighted by molar-refractivity contribution is 8.06. The lowest BCUT2D eigenvalue weighted by Gasteiger charge is -2.17. The molecule has 2 heterocycles. The standard InChI is InChI=1S/C13H14N2O2S2/c16-11(9-4-2-1-3-5-9)13-14-12(15-17-13)10-8-18-6-7-19-10/h1-5,10-11,16H,6-8H2. The molecule has 1 saturated heterocycles. The summed E-state index contributed by atoms with van der Waals surface area (Å²) in [7, 11) is 0. The van der Waals surface area contributed by atoms with Gasteiger partial charge in [-0.2, -0.15) is 16.7 Å². The number of benzene rings is 1. The highest BCUT2D eigenvalue weighted by atomic mass is 32.2. The van der Waals surface area contributed by atoms with Gasteiger partial charge in [0.15, 0.2) is 11.9 Å². The van der Waals surface area contributed by atoms with Gasteiger partial charge in [-0.05, 0) is 5.56 Å². The fourth-order valence-electron chi connectivity index (χ4n) is 1.90. The lowest BCUT2D eigenvalue weighted by atomic mass is 10.1. The molecule has 0 aliphatic carbocycles. The van der Waals surface area contributed by atoms with E-state index in [9.17, 15) is 5.11 Å². The quantitative estimate of drug-likeness (QED) is 0.939. The molecule has 1 aliphatic rings. The Morgan fingerprint density at radius 3 is 2.84 bits per heavy atom. The van der Waals surface area contributed by atoms with Crippen LogP contribution in [0.4, 0.5) is 0 Å². The van der Waals surface area contributed by atoms with E-state index in [1.807, 2.05) is 53.9 Å². The molecule has 1 N–H and O–H groups in total. The summed E-state index contributed by atoms with van der Waals surface area (Å²) in [6, 6.07) is 9.36. The smallest absolute Gasteiger partial charge is 0.260 e. The second-order valence-electron chi connectivity index (χ2n) is 4.24. The van der Waals surface area contributed by atoms with Crippen molar-refractivity contribution in [2.45, 2.75) is 11.4 Å². The van der Waals surface area contributed by atoms with Crippen LogP contribution in [0, 0.1) is 0 Å². The maximum atomic E-state index is 10.2. The van der Waals surface area contributed by atoms with Crippen LogP contribution >= 0.6 is 23.5 Å². The Morgan fingerprint density at radius 2 is 2.11 bits per heavy atom. The summed E-state index contributed by atoms with van der Waals surface area (Å²) in [6.45, 7) is 0. The van der Waals surface area contributed by atoms with Gasteiger partial charge in [0, 0.05) is 17.3 Å². The van der Waals surface area contributed by atoms with Gasteiger partial charge in [0.25, 0.3) is 5.89 Å². The van der Waals surface area contributed by atoms with E-state index in [-0.39, 0.29) is 11.1 Å². The Hall–Kier alpha value is -0.980. The van der Waals surface area contributed by atoms with Gasteiger partial charge in [-0.1, -0.05) is 35.5 Å². The normalized spacial score (nSPS) is 21.2. The molecule has 0 saturated carbocycles. The summed E-state index contributed by atoms with van der Waals surface area (Å²) in [5, 5.41) is 14.5. The van der Waals surface area contributed by atoms with Crippen molar-refractivity contribution in [1.29, 1.82) is 0 Å². The fourth-order valence-corrected chi connectivity index (χ4v) is 4.49. The van der Waals surface area contributed by atoms with Crippen molar-refractivity contribution in [3.8, 4) is 0 Å². The molecule has 2 unspecified atom stereocenters. The summed E-state index contributed by atoms with van der Waals surface area (Å²) in [5.41, 5.74) is 0.767. The number of rotatable bonds is 3. The zero-order valence-corrected chi connectivity index (χ0v) is 11.9. The number of aliphatic hydroxyl groups is 1. The minimum Gasteiger partial charge on any atom is -0.378 e. The molecule has 0 spiro atoms. The minimum atomic E-state index is -0.844. The van der Waals surface area contributed by atoms with E-state index in [0.717, 1.165) is 17.1 Å². The Labute approximate surface area is 120 Å². The fraction of sp³-hybridized carbons (Fsp3) is 0.385. The summed E-state index contributed by atoms with van der Waals surface area (Å²) < 4.78 is 5.20. The van der Waals surface area contributed by atoms with Gasteiger partial charge in [-0.25, -0.2) is 0 Å². The van der Waals surface area contributed by atoms with E-state index < -0.39 is 6.10 Å². The maximum absolute atomic E-state index is 10.2. The Balaban J connectivity index is 1.77. The zero-order valence-electron chi connectivity index (χ0n) is 10.2. The van der Waals surface area contributed by atoms with Crippen molar-refractivity contribution in [3.05, 3.63) is 47.6 Å². The third-order valence-corrected chi connectivity index (χ3v) is 5.66. The van der Waals surface area contributed by atoms with Gasteiger partial charge in [-0.15, -0.1) is 11.8 Å². The molecular weight excluding hydrogens is 280 g/mol. The molecule has 0 bridgehead atoms. The van der Waals surface area contributed by atoms with Crippen molar-refractivity contribution in [3.63, 3.8) is 0 Å². The van der Waals surface area contributed by atoms with Gasteiger partial charge in [-0.3, -0.25) is 0 Å². The lowest BCUT2D eigenvalue weighted by Crippen LogP contribution is -2.08. The predicted molar refractivity (Wildman–Crippen MR) is 77.3 cm³/mol. The Morgan fingerprint density at radius 1 is 1.26 bits per heavy atom. The average Bonchev–Trinajstić information content (AvgIpc) is 2.98. The first-order valence-electron chi connectivity index (χ1n) is 6.10. The van der Waals surface area contributed by atoms with Gasteiger partial charge in [0.2, 0.25) is 0 Å². The van der Waals surface area contributed by atoms with E-state index in [4.69, 9.17) is 4.52 Å². The number of aromatic nitrogens is 2. The topological polar surface area (TPSA) is 59.2 Å². The molecule has 0 amide bonds. The van der Waals surface area contributed by atoms with Crippen LogP contribution in [0.15, 0.2) is 34.9 Å². The van der Waals surface area contributed by atoms with Gasteiger partial charge < -0.3 is 9.63 Å². The lowest BCUT2D eigenvalue weighted by molar-refractivity contribution is 0.170. The number of nitrogens with zero attached hydrogens (tertiary/aromatic N) is 2. The van der Waals surface area contributed by atoms with Gasteiger partial charge >= 0.3 is 0 Å². The Bertz CT molecular complexity index is 526. The summed E-state index contributed by atoms with van der Waals surface area (Å²) in [5.74, 6) is 4.27. The molecule has 100 valence electrons. The first-order chi connectivity index (χ1) is 9.34. The summed E-state index contributed by atoms with van der Waals surface area (Å²) >= 11 is 3.76. The predicted octanol–water partition coefficient (Wildman–Crippen LogP) is 2.67. The van der Waals surface area contributed by atoms with Crippen molar-refractivity contribution >= 4 is 23.5 Å². The largest absolute Gasteiger partial charge is 0.378 e. The number of thioether (sulfide) groups is 2. The van der Waals surface area contributed by atoms with Crippen LogP contribution in [0.25, 0.3) is 0 Å². The molecule has 1 aromatic carbocycles. The maximum Gasteiger partial charge on any atom is 0.260 e.